The van der Waals surface area contributed by atoms with Crippen LogP contribution in [0, 0.1) is 6.92 Å². The van der Waals surface area contributed by atoms with Crippen LogP contribution < -0.4 is 0 Å². The molecule has 1 heteroatoms. The van der Waals surface area contributed by atoms with Crippen molar-refractivity contribution >= 4 is 10.8 Å². The van der Waals surface area contributed by atoms with Crippen LogP contribution in [0.1, 0.15) is 32.0 Å². The minimum absolute atomic E-state index is 0.174. The van der Waals surface area contributed by atoms with Crippen LogP contribution in [0.5, 0.6) is 0 Å². The van der Waals surface area contributed by atoms with Crippen LogP contribution >= 0.6 is 0 Å². The number of pyridine rings is 1. The Morgan fingerprint density at radius 3 is 2.47 bits per heavy atom. The fourth-order valence-corrected chi connectivity index (χ4v) is 2.03. The Bertz CT molecular complexity index is 487. The van der Waals surface area contributed by atoms with Crippen molar-refractivity contribution in [2.45, 2.75) is 33.1 Å². The summed E-state index contributed by atoms with van der Waals surface area (Å²) in [5, 5.41) is 2.60. The van der Waals surface area contributed by atoms with Gasteiger partial charge in [-0.05, 0) is 29.4 Å². The Hall–Kier alpha value is -1.37. The van der Waals surface area contributed by atoms with E-state index in [1.165, 1.54) is 16.3 Å². The minimum atomic E-state index is 0.174. The summed E-state index contributed by atoms with van der Waals surface area (Å²) in [6, 6.07) is 8.57. The fraction of sp³-hybridized carbons (Fsp3) is 0.357. The van der Waals surface area contributed by atoms with E-state index >= 15 is 0 Å². The molecule has 0 saturated heterocycles. The second-order valence-electron chi connectivity index (χ2n) is 5.05. The summed E-state index contributed by atoms with van der Waals surface area (Å²) in [6.07, 6.45) is 1.88. The molecule has 0 fully saturated rings. The molecule has 1 nitrogen and oxygen atoms in total. The molecule has 1 heterocycles. The Labute approximate surface area is 91.2 Å². The van der Waals surface area contributed by atoms with Crippen LogP contribution in [-0.4, -0.2) is 4.98 Å². The van der Waals surface area contributed by atoms with Gasteiger partial charge in [0.2, 0.25) is 0 Å². The van der Waals surface area contributed by atoms with Gasteiger partial charge in [-0.15, -0.1) is 0 Å². The fourth-order valence-electron chi connectivity index (χ4n) is 2.03. The number of fused-ring (bicyclic) bond motifs is 1. The van der Waals surface area contributed by atoms with Crippen molar-refractivity contribution < 1.29 is 0 Å². The number of rotatable bonds is 0. The lowest BCUT2D eigenvalue weighted by Gasteiger charge is -2.22. The van der Waals surface area contributed by atoms with Crippen LogP contribution in [0.4, 0.5) is 0 Å². The second-order valence-corrected chi connectivity index (χ2v) is 5.05. The highest BCUT2D eigenvalue weighted by molar-refractivity contribution is 5.88. The topological polar surface area (TPSA) is 12.9 Å². The standard InChI is InChI=1S/C14H17N/c1-10-13-11(8-9-15-10)6-5-7-12(13)14(2,3)4/h5-9H,1-4H3. The maximum Gasteiger partial charge on any atom is 0.0453 e. The van der Waals surface area contributed by atoms with Gasteiger partial charge in [0.05, 0.1) is 0 Å². The van der Waals surface area contributed by atoms with Gasteiger partial charge in [0.15, 0.2) is 0 Å². The van der Waals surface area contributed by atoms with Gasteiger partial charge in [-0.1, -0.05) is 39.0 Å². The summed E-state index contributed by atoms with van der Waals surface area (Å²) >= 11 is 0. The lowest BCUT2D eigenvalue weighted by molar-refractivity contribution is 0.595. The third kappa shape index (κ3) is 1.74. The molecule has 0 unspecified atom stereocenters. The molecule has 0 bridgehead atoms. The maximum atomic E-state index is 4.38. The van der Waals surface area contributed by atoms with Crippen molar-refractivity contribution in [3.8, 4) is 0 Å². The van der Waals surface area contributed by atoms with Gasteiger partial charge in [0, 0.05) is 17.3 Å². The number of benzene rings is 1. The van der Waals surface area contributed by atoms with E-state index in [1.807, 2.05) is 6.20 Å². The molecule has 1 aromatic carbocycles. The average molecular weight is 199 g/mol. The Morgan fingerprint density at radius 1 is 1.07 bits per heavy atom. The van der Waals surface area contributed by atoms with Crippen LogP contribution in [0.3, 0.4) is 0 Å². The van der Waals surface area contributed by atoms with Crippen LogP contribution in [0.25, 0.3) is 10.8 Å². The molecule has 0 N–H and O–H groups in total. The molecular formula is C14H17N. The summed E-state index contributed by atoms with van der Waals surface area (Å²) < 4.78 is 0. The Morgan fingerprint density at radius 2 is 1.80 bits per heavy atom. The van der Waals surface area contributed by atoms with Crippen molar-refractivity contribution in [2.24, 2.45) is 0 Å². The first-order chi connectivity index (χ1) is 7.00. The molecule has 0 aliphatic heterocycles. The minimum Gasteiger partial charge on any atom is -0.261 e. The van der Waals surface area contributed by atoms with Crippen molar-refractivity contribution in [1.29, 1.82) is 0 Å². The van der Waals surface area contributed by atoms with Gasteiger partial charge in [-0.2, -0.15) is 0 Å². The van der Waals surface area contributed by atoms with Crippen LogP contribution in [0.2, 0.25) is 0 Å². The molecule has 0 amide bonds. The molecule has 0 aliphatic carbocycles. The molecule has 0 saturated carbocycles. The smallest absolute Gasteiger partial charge is 0.0453 e. The van der Waals surface area contributed by atoms with E-state index in [2.05, 4.69) is 56.9 Å². The third-order valence-corrected chi connectivity index (χ3v) is 2.79. The molecule has 0 aliphatic rings. The zero-order valence-corrected chi connectivity index (χ0v) is 9.83. The SMILES string of the molecule is Cc1nccc2cccc(C(C)(C)C)c12. The van der Waals surface area contributed by atoms with Gasteiger partial charge in [0.1, 0.15) is 0 Å². The first-order valence-electron chi connectivity index (χ1n) is 5.35. The monoisotopic (exact) mass is 199 g/mol. The van der Waals surface area contributed by atoms with E-state index in [0.717, 1.165) is 5.69 Å². The van der Waals surface area contributed by atoms with E-state index in [1.54, 1.807) is 0 Å². The summed E-state index contributed by atoms with van der Waals surface area (Å²) in [5.41, 5.74) is 2.68. The van der Waals surface area contributed by atoms with E-state index in [4.69, 9.17) is 0 Å². The molecule has 78 valence electrons. The summed E-state index contributed by atoms with van der Waals surface area (Å²) in [4.78, 5) is 4.38. The van der Waals surface area contributed by atoms with E-state index in [9.17, 15) is 0 Å². The van der Waals surface area contributed by atoms with Crippen molar-refractivity contribution in [1.82, 2.24) is 4.98 Å². The normalized spacial score (nSPS) is 12.0. The Balaban J connectivity index is 2.86. The number of aromatic nitrogens is 1. The summed E-state index contributed by atoms with van der Waals surface area (Å²) in [5.74, 6) is 0. The van der Waals surface area contributed by atoms with Gasteiger partial charge in [0.25, 0.3) is 0 Å². The van der Waals surface area contributed by atoms with Gasteiger partial charge in [-0.25, -0.2) is 0 Å². The number of hydrogen-bond donors (Lipinski definition) is 0. The van der Waals surface area contributed by atoms with Crippen molar-refractivity contribution in [2.75, 3.05) is 0 Å². The molecule has 0 radical (unpaired) electrons. The lowest BCUT2D eigenvalue weighted by Crippen LogP contribution is -2.12. The van der Waals surface area contributed by atoms with Gasteiger partial charge < -0.3 is 0 Å². The number of hydrogen-bond acceptors (Lipinski definition) is 1. The summed E-state index contributed by atoms with van der Waals surface area (Å²) in [6.45, 7) is 8.81. The predicted octanol–water partition coefficient (Wildman–Crippen LogP) is 3.84. The lowest BCUT2D eigenvalue weighted by atomic mass is 9.83. The molecule has 2 rings (SSSR count). The largest absolute Gasteiger partial charge is 0.261 e. The van der Waals surface area contributed by atoms with Crippen molar-refractivity contribution in [3.05, 3.63) is 41.7 Å². The predicted molar refractivity (Wildman–Crippen MR) is 65.2 cm³/mol. The molecule has 0 spiro atoms. The van der Waals surface area contributed by atoms with Crippen LogP contribution in [-0.2, 0) is 5.41 Å². The highest BCUT2D eigenvalue weighted by Crippen LogP contribution is 2.30. The van der Waals surface area contributed by atoms with Crippen molar-refractivity contribution in [3.63, 3.8) is 0 Å². The zero-order valence-electron chi connectivity index (χ0n) is 9.83. The van der Waals surface area contributed by atoms with E-state index in [-0.39, 0.29) is 5.41 Å². The number of aryl methyl sites for hydroxylation is 1. The molecule has 1 aromatic heterocycles. The van der Waals surface area contributed by atoms with E-state index in [0.29, 0.717) is 0 Å². The quantitative estimate of drug-likeness (QED) is 0.628. The highest BCUT2D eigenvalue weighted by atomic mass is 14.7. The summed E-state index contributed by atoms with van der Waals surface area (Å²) in [7, 11) is 0. The first-order valence-corrected chi connectivity index (χ1v) is 5.35. The molecule has 2 aromatic rings. The Kier molecular flexibility index (Phi) is 2.26. The third-order valence-electron chi connectivity index (χ3n) is 2.79. The average Bonchev–Trinajstić information content (AvgIpc) is 2.16. The molecule has 0 atom stereocenters. The van der Waals surface area contributed by atoms with Crippen LogP contribution in [0.15, 0.2) is 30.5 Å². The van der Waals surface area contributed by atoms with Gasteiger partial charge in [-0.3, -0.25) is 4.98 Å². The molecule has 15 heavy (non-hydrogen) atoms. The molecular weight excluding hydrogens is 182 g/mol. The van der Waals surface area contributed by atoms with Gasteiger partial charge >= 0.3 is 0 Å². The van der Waals surface area contributed by atoms with E-state index < -0.39 is 0 Å². The second kappa shape index (κ2) is 3.34. The number of nitrogens with zero attached hydrogens (tertiary/aromatic N) is 1. The zero-order chi connectivity index (χ0) is 11.1. The first kappa shape index (κ1) is 10.2. The maximum absolute atomic E-state index is 4.38. The highest BCUT2D eigenvalue weighted by Gasteiger charge is 2.17.